The van der Waals surface area contributed by atoms with Crippen molar-refractivity contribution < 1.29 is 14.7 Å². The Balaban J connectivity index is 1.79. The summed E-state index contributed by atoms with van der Waals surface area (Å²) in [6.07, 6.45) is 9.75. The molecule has 9 nitrogen and oxygen atoms in total. The molecule has 0 bridgehead atoms. The highest BCUT2D eigenvalue weighted by Gasteiger charge is 2.29. The molecule has 2 aromatic heterocycles. The van der Waals surface area contributed by atoms with Gasteiger partial charge < -0.3 is 16.2 Å². The van der Waals surface area contributed by atoms with Gasteiger partial charge in [0.25, 0.3) is 0 Å². The Labute approximate surface area is 211 Å². The summed E-state index contributed by atoms with van der Waals surface area (Å²) in [6.45, 7) is 2.96. The van der Waals surface area contributed by atoms with Gasteiger partial charge in [-0.05, 0) is 66.0 Å². The molecular formula is C27H34N6O3. The number of nitrogens with zero attached hydrogens (tertiary/aromatic N) is 3. The molecule has 3 aromatic rings. The van der Waals surface area contributed by atoms with Crippen molar-refractivity contribution in [1.29, 1.82) is 0 Å². The zero-order valence-corrected chi connectivity index (χ0v) is 20.6. The van der Waals surface area contributed by atoms with Crippen LogP contribution >= 0.6 is 0 Å². The quantitative estimate of drug-likeness (QED) is 0.351. The van der Waals surface area contributed by atoms with E-state index in [1.807, 2.05) is 37.3 Å². The number of nitrogens with one attached hydrogen (secondary N) is 2. The van der Waals surface area contributed by atoms with Gasteiger partial charge >= 0.3 is 12.1 Å². The summed E-state index contributed by atoms with van der Waals surface area (Å²) >= 11 is 0. The normalized spacial score (nSPS) is 14.8. The van der Waals surface area contributed by atoms with Gasteiger partial charge in [0.1, 0.15) is 5.82 Å². The summed E-state index contributed by atoms with van der Waals surface area (Å²) in [5.74, 6) is 0.750. The zero-order chi connectivity index (χ0) is 25.5. The highest BCUT2D eigenvalue weighted by atomic mass is 16.4. The van der Waals surface area contributed by atoms with Crippen molar-refractivity contribution in [3.63, 3.8) is 0 Å². The first-order chi connectivity index (χ1) is 17.5. The van der Waals surface area contributed by atoms with Crippen molar-refractivity contribution in [1.82, 2.24) is 20.2 Å². The van der Waals surface area contributed by atoms with E-state index in [-0.39, 0.29) is 12.6 Å². The molecule has 2 heterocycles. The Bertz CT molecular complexity index is 1200. The molecule has 0 saturated heterocycles. The molecular weight excluding hydrogens is 456 g/mol. The molecule has 1 saturated carbocycles. The molecule has 0 spiro atoms. The second-order valence-electron chi connectivity index (χ2n) is 9.23. The number of nitrogens with two attached hydrogens (primary N) is 1. The van der Waals surface area contributed by atoms with Crippen molar-refractivity contribution in [2.24, 2.45) is 11.7 Å². The standard InChI is InChI=1S/C27H34N6O3/c1-2-30-26(34)32-25-14-22-20(19-10-12-29-13-11-19)8-9-21(23(22)16-31-25)24(15-28)33(27(35)36)17-18-6-4-3-5-7-18/h8-14,16,18,24H,2-7,15,17,28H2,1H3,(H,35,36)(H2,30,31,32,34). The van der Waals surface area contributed by atoms with Crippen molar-refractivity contribution in [2.45, 2.75) is 45.1 Å². The maximum absolute atomic E-state index is 12.4. The summed E-state index contributed by atoms with van der Waals surface area (Å²) in [5, 5.41) is 17.3. The minimum absolute atomic E-state index is 0.154. The number of carboxylic acid groups (broad SMARTS) is 1. The fraction of sp³-hybridized carbons (Fsp3) is 0.407. The highest BCUT2D eigenvalue weighted by Crippen LogP contribution is 2.36. The molecule has 0 aliphatic heterocycles. The van der Waals surface area contributed by atoms with Crippen LogP contribution in [0.25, 0.3) is 21.9 Å². The topological polar surface area (TPSA) is 133 Å². The van der Waals surface area contributed by atoms with Crippen LogP contribution in [-0.4, -0.2) is 51.7 Å². The second kappa shape index (κ2) is 11.8. The van der Waals surface area contributed by atoms with Crippen molar-refractivity contribution in [3.8, 4) is 11.1 Å². The molecule has 0 radical (unpaired) electrons. The predicted molar refractivity (Wildman–Crippen MR) is 141 cm³/mol. The van der Waals surface area contributed by atoms with Gasteiger partial charge in [-0.15, -0.1) is 0 Å². The summed E-state index contributed by atoms with van der Waals surface area (Å²) in [7, 11) is 0. The lowest BCUT2D eigenvalue weighted by Gasteiger charge is -2.34. The Morgan fingerprint density at radius 3 is 2.56 bits per heavy atom. The van der Waals surface area contributed by atoms with Crippen molar-refractivity contribution in [2.75, 3.05) is 25.0 Å². The Morgan fingerprint density at radius 1 is 1.14 bits per heavy atom. The van der Waals surface area contributed by atoms with Crippen LogP contribution in [-0.2, 0) is 0 Å². The van der Waals surface area contributed by atoms with Gasteiger partial charge in [-0.2, -0.15) is 0 Å². The third-order valence-electron chi connectivity index (χ3n) is 6.89. The van der Waals surface area contributed by atoms with Crippen LogP contribution < -0.4 is 16.4 Å². The Kier molecular flexibility index (Phi) is 8.32. The first-order valence-corrected chi connectivity index (χ1v) is 12.6. The largest absolute Gasteiger partial charge is 0.465 e. The second-order valence-corrected chi connectivity index (χ2v) is 9.23. The van der Waals surface area contributed by atoms with E-state index in [0.717, 1.165) is 53.1 Å². The molecule has 5 N–H and O–H groups in total. The van der Waals surface area contributed by atoms with Crippen LogP contribution in [0.15, 0.2) is 48.9 Å². The molecule has 1 atom stereocenters. The van der Waals surface area contributed by atoms with Gasteiger partial charge in [0, 0.05) is 43.6 Å². The molecule has 1 fully saturated rings. The molecule has 9 heteroatoms. The number of pyridine rings is 2. The molecule has 36 heavy (non-hydrogen) atoms. The summed E-state index contributed by atoms with van der Waals surface area (Å²) < 4.78 is 0. The van der Waals surface area contributed by atoms with Crippen molar-refractivity contribution in [3.05, 3.63) is 54.5 Å². The number of hydrogen-bond acceptors (Lipinski definition) is 5. The summed E-state index contributed by atoms with van der Waals surface area (Å²) in [6, 6.07) is 8.73. The van der Waals surface area contributed by atoms with Crippen LogP contribution in [0.5, 0.6) is 0 Å². The van der Waals surface area contributed by atoms with Crippen LogP contribution in [0.4, 0.5) is 15.4 Å². The van der Waals surface area contributed by atoms with E-state index in [9.17, 15) is 14.7 Å². The average molecular weight is 491 g/mol. The molecule has 1 aliphatic carbocycles. The number of rotatable bonds is 8. The minimum Gasteiger partial charge on any atom is -0.465 e. The van der Waals surface area contributed by atoms with Gasteiger partial charge in [0.15, 0.2) is 0 Å². The fourth-order valence-electron chi connectivity index (χ4n) is 5.13. The lowest BCUT2D eigenvalue weighted by Crippen LogP contribution is -2.41. The average Bonchev–Trinajstić information content (AvgIpc) is 2.89. The Morgan fingerprint density at radius 2 is 1.89 bits per heavy atom. The number of amides is 3. The van der Waals surface area contributed by atoms with E-state index >= 15 is 0 Å². The van der Waals surface area contributed by atoms with Crippen LogP contribution in [0.3, 0.4) is 0 Å². The maximum atomic E-state index is 12.4. The van der Waals surface area contributed by atoms with Gasteiger partial charge in [0.05, 0.1) is 6.04 Å². The predicted octanol–water partition coefficient (Wildman–Crippen LogP) is 5.00. The van der Waals surface area contributed by atoms with E-state index in [2.05, 4.69) is 20.6 Å². The number of carbonyl (C=O) groups is 2. The van der Waals surface area contributed by atoms with Gasteiger partial charge in [0.2, 0.25) is 0 Å². The van der Waals surface area contributed by atoms with Gasteiger partial charge in [-0.1, -0.05) is 31.4 Å². The smallest absolute Gasteiger partial charge is 0.407 e. The fourth-order valence-corrected chi connectivity index (χ4v) is 5.13. The monoisotopic (exact) mass is 490 g/mol. The van der Waals surface area contributed by atoms with Crippen LogP contribution in [0.2, 0.25) is 0 Å². The lowest BCUT2D eigenvalue weighted by atomic mass is 9.88. The molecule has 1 unspecified atom stereocenters. The lowest BCUT2D eigenvalue weighted by molar-refractivity contribution is 0.109. The highest BCUT2D eigenvalue weighted by molar-refractivity contribution is 6.01. The number of benzene rings is 1. The molecule has 190 valence electrons. The van der Waals surface area contributed by atoms with Crippen molar-refractivity contribution >= 4 is 28.7 Å². The van der Waals surface area contributed by atoms with E-state index in [0.29, 0.717) is 24.8 Å². The summed E-state index contributed by atoms with van der Waals surface area (Å²) in [4.78, 5) is 34.6. The number of carbonyl (C=O) groups excluding carboxylic acids is 1. The number of fused-ring (bicyclic) bond motifs is 1. The minimum atomic E-state index is -0.968. The number of anilines is 1. The SMILES string of the molecule is CCNC(=O)Nc1cc2c(-c3ccncc3)ccc(C(CN)N(CC3CCCCC3)C(=O)O)c2cn1. The van der Waals surface area contributed by atoms with Crippen LogP contribution in [0, 0.1) is 5.92 Å². The molecule has 1 aliphatic rings. The first kappa shape index (κ1) is 25.4. The Hall–Kier alpha value is -3.72. The number of hydrogen-bond donors (Lipinski definition) is 4. The number of urea groups is 1. The number of aromatic nitrogens is 2. The summed E-state index contributed by atoms with van der Waals surface area (Å²) in [5.41, 5.74) is 8.91. The van der Waals surface area contributed by atoms with Crippen LogP contribution in [0.1, 0.15) is 50.6 Å². The molecule has 1 aromatic carbocycles. The van der Waals surface area contributed by atoms with E-state index in [4.69, 9.17) is 5.73 Å². The third kappa shape index (κ3) is 5.73. The van der Waals surface area contributed by atoms with E-state index < -0.39 is 12.1 Å². The van der Waals surface area contributed by atoms with Gasteiger partial charge in [-0.25, -0.2) is 14.6 Å². The van der Waals surface area contributed by atoms with E-state index in [1.54, 1.807) is 18.6 Å². The van der Waals surface area contributed by atoms with E-state index in [1.165, 1.54) is 11.3 Å². The maximum Gasteiger partial charge on any atom is 0.407 e. The molecule has 4 rings (SSSR count). The van der Waals surface area contributed by atoms with Gasteiger partial charge in [-0.3, -0.25) is 15.2 Å². The first-order valence-electron chi connectivity index (χ1n) is 12.6. The zero-order valence-electron chi connectivity index (χ0n) is 20.6. The third-order valence-corrected chi connectivity index (χ3v) is 6.89. The molecule has 3 amide bonds.